The van der Waals surface area contributed by atoms with Crippen LogP contribution in [0.2, 0.25) is 0 Å². The summed E-state index contributed by atoms with van der Waals surface area (Å²) in [6.45, 7) is 10.6. The molecule has 0 aliphatic carbocycles. The highest BCUT2D eigenvalue weighted by Gasteiger charge is 2.37. The highest BCUT2D eigenvalue weighted by molar-refractivity contribution is 5.92. The van der Waals surface area contributed by atoms with Crippen molar-refractivity contribution in [3.05, 3.63) is 29.8 Å². The number of hydrogen-bond donors (Lipinski definition) is 4. The molecule has 0 fully saturated rings. The number of carbonyl (C=O) groups is 3. The second kappa shape index (κ2) is 16.1. The minimum absolute atomic E-state index is 0.116. The monoisotopic (exact) mass is 521 g/mol. The van der Waals surface area contributed by atoms with E-state index in [9.17, 15) is 24.6 Å². The molecule has 0 heterocycles. The van der Waals surface area contributed by atoms with Gasteiger partial charge in [0.05, 0.1) is 6.61 Å². The number of para-hydroxylation sites is 1. The molecule has 0 aliphatic heterocycles. The van der Waals surface area contributed by atoms with Crippen LogP contribution in [0.15, 0.2) is 24.3 Å². The van der Waals surface area contributed by atoms with Crippen LogP contribution in [-0.4, -0.2) is 63.9 Å². The SMILES string of the molecule is CCCCCCCN(C(=O)C(CO)NC(=O)OC(C)(C)C)C(C(=O)NC(C)CCC)c1ccccc1O. The molecule has 1 aromatic rings. The molecular formula is C28H47N3O6. The van der Waals surface area contributed by atoms with E-state index < -0.39 is 42.2 Å². The lowest BCUT2D eigenvalue weighted by atomic mass is 10.00. The average molecular weight is 522 g/mol. The number of phenolic OH excluding ortho intramolecular Hbond substituents is 1. The Morgan fingerprint density at radius 2 is 1.65 bits per heavy atom. The molecule has 0 radical (unpaired) electrons. The van der Waals surface area contributed by atoms with E-state index in [4.69, 9.17) is 4.74 Å². The van der Waals surface area contributed by atoms with Gasteiger partial charge in [-0.3, -0.25) is 9.59 Å². The third-order valence-corrected chi connectivity index (χ3v) is 5.86. The molecule has 3 amide bonds. The van der Waals surface area contributed by atoms with E-state index in [1.165, 1.54) is 11.0 Å². The number of alkyl carbamates (subject to hydrolysis) is 1. The minimum Gasteiger partial charge on any atom is -0.508 e. The van der Waals surface area contributed by atoms with Crippen LogP contribution < -0.4 is 10.6 Å². The van der Waals surface area contributed by atoms with Crippen LogP contribution in [-0.2, 0) is 14.3 Å². The lowest BCUT2D eigenvalue weighted by Gasteiger charge is -2.35. The Morgan fingerprint density at radius 1 is 1.00 bits per heavy atom. The molecule has 3 unspecified atom stereocenters. The summed E-state index contributed by atoms with van der Waals surface area (Å²) >= 11 is 0. The van der Waals surface area contributed by atoms with Crippen LogP contribution in [0.3, 0.4) is 0 Å². The first-order valence-electron chi connectivity index (χ1n) is 13.4. The second-order valence-corrected chi connectivity index (χ2v) is 10.5. The van der Waals surface area contributed by atoms with Gasteiger partial charge in [-0.05, 0) is 46.6 Å². The molecule has 1 rings (SSSR count). The molecule has 0 saturated heterocycles. The third kappa shape index (κ3) is 11.4. The van der Waals surface area contributed by atoms with Crippen molar-refractivity contribution in [1.82, 2.24) is 15.5 Å². The summed E-state index contributed by atoms with van der Waals surface area (Å²) in [6, 6.07) is 3.81. The molecule has 4 N–H and O–H groups in total. The van der Waals surface area contributed by atoms with Crippen LogP contribution >= 0.6 is 0 Å². The number of nitrogens with one attached hydrogen (secondary N) is 2. The van der Waals surface area contributed by atoms with Gasteiger partial charge in [0.15, 0.2) is 0 Å². The largest absolute Gasteiger partial charge is 0.508 e. The van der Waals surface area contributed by atoms with Gasteiger partial charge >= 0.3 is 6.09 Å². The van der Waals surface area contributed by atoms with Gasteiger partial charge in [0.25, 0.3) is 0 Å². The summed E-state index contributed by atoms with van der Waals surface area (Å²) in [5.41, 5.74) is -0.515. The topological polar surface area (TPSA) is 128 Å². The maximum absolute atomic E-state index is 13.8. The van der Waals surface area contributed by atoms with Crippen molar-refractivity contribution in [2.45, 2.75) is 110 Å². The smallest absolute Gasteiger partial charge is 0.408 e. The highest BCUT2D eigenvalue weighted by atomic mass is 16.6. The van der Waals surface area contributed by atoms with Gasteiger partial charge in [0.1, 0.15) is 23.4 Å². The third-order valence-electron chi connectivity index (χ3n) is 5.86. The average Bonchev–Trinajstić information content (AvgIpc) is 2.81. The lowest BCUT2D eigenvalue weighted by molar-refractivity contribution is -0.143. The molecule has 3 atom stereocenters. The Balaban J connectivity index is 3.39. The maximum atomic E-state index is 13.8. The molecule has 0 bridgehead atoms. The van der Waals surface area contributed by atoms with Crippen LogP contribution in [0.1, 0.15) is 98.1 Å². The van der Waals surface area contributed by atoms with Crippen LogP contribution in [0.25, 0.3) is 0 Å². The molecule has 0 aliphatic rings. The number of carbonyl (C=O) groups excluding carboxylic acids is 3. The minimum atomic E-state index is -1.32. The van der Waals surface area contributed by atoms with E-state index in [0.717, 1.165) is 38.5 Å². The Morgan fingerprint density at radius 3 is 2.22 bits per heavy atom. The van der Waals surface area contributed by atoms with Gasteiger partial charge in [0, 0.05) is 18.2 Å². The van der Waals surface area contributed by atoms with E-state index >= 15 is 0 Å². The quantitative estimate of drug-likeness (QED) is 0.253. The maximum Gasteiger partial charge on any atom is 0.408 e. The number of benzene rings is 1. The fraction of sp³-hybridized carbons (Fsp3) is 0.679. The number of aliphatic hydroxyl groups excluding tert-OH is 1. The van der Waals surface area contributed by atoms with Crippen LogP contribution in [0, 0.1) is 0 Å². The van der Waals surface area contributed by atoms with Crippen molar-refractivity contribution in [2.24, 2.45) is 0 Å². The zero-order valence-corrected chi connectivity index (χ0v) is 23.4. The molecule has 210 valence electrons. The zero-order valence-electron chi connectivity index (χ0n) is 23.4. The van der Waals surface area contributed by atoms with Gasteiger partial charge in [-0.15, -0.1) is 0 Å². The van der Waals surface area contributed by atoms with E-state index in [2.05, 4.69) is 17.6 Å². The molecule has 0 saturated carbocycles. The van der Waals surface area contributed by atoms with Gasteiger partial charge in [-0.1, -0.05) is 64.2 Å². The van der Waals surface area contributed by atoms with Gasteiger partial charge < -0.3 is 30.5 Å². The molecule has 0 spiro atoms. The summed E-state index contributed by atoms with van der Waals surface area (Å²) in [7, 11) is 0. The Labute approximate surface area is 222 Å². The first-order chi connectivity index (χ1) is 17.4. The number of phenols is 1. The number of amides is 3. The molecule has 9 heteroatoms. The second-order valence-electron chi connectivity index (χ2n) is 10.5. The Kier molecular flexibility index (Phi) is 14.0. The van der Waals surface area contributed by atoms with Crippen LogP contribution in [0.5, 0.6) is 5.75 Å². The first-order valence-corrected chi connectivity index (χ1v) is 13.4. The van der Waals surface area contributed by atoms with Crippen molar-refractivity contribution >= 4 is 17.9 Å². The van der Waals surface area contributed by atoms with E-state index in [1.807, 2.05) is 13.8 Å². The summed E-state index contributed by atoms with van der Waals surface area (Å²) in [4.78, 5) is 41.1. The molecular weight excluding hydrogens is 474 g/mol. The number of aliphatic hydroxyl groups is 1. The number of unbranched alkanes of at least 4 members (excludes halogenated alkanes) is 4. The fourth-order valence-corrected chi connectivity index (χ4v) is 4.08. The van der Waals surface area contributed by atoms with E-state index in [1.54, 1.807) is 39.0 Å². The van der Waals surface area contributed by atoms with E-state index in [-0.39, 0.29) is 23.9 Å². The summed E-state index contributed by atoms with van der Waals surface area (Å²) < 4.78 is 5.27. The predicted octanol–water partition coefficient (Wildman–Crippen LogP) is 4.42. The standard InChI is InChI=1S/C28H47N3O6/c1-7-9-10-11-14-18-31(26(35)22(19-32)30-27(36)37-28(4,5)6)24(21-16-12-13-17-23(21)33)25(34)29-20(3)15-8-2/h12-13,16-17,20,22,24,32-33H,7-11,14-15,18-19H2,1-6H3,(H,29,34)(H,30,36). The summed E-state index contributed by atoms with van der Waals surface area (Å²) in [5, 5.41) is 26.1. The van der Waals surface area contributed by atoms with Crippen LogP contribution in [0.4, 0.5) is 4.79 Å². The van der Waals surface area contributed by atoms with Crippen molar-refractivity contribution in [3.63, 3.8) is 0 Å². The summed E-state index contributed by atoms with van der Waals surface area (Å²) in [6.07, 6.45) is 5.36. The number of rotatable bonds is 15. The highest BCUT2D eigenvalue weighted by Crippen LogP contribution is 2.30. The Hall–Kier alpha value is -2.81. The predicted molar refractivity (Wildman–Crippen MR) is 144 cm³/mol. The fourth-order valence-electron chi connectivity index (χ4n) is 4.08. The zero-order chi connectivity index (χ0) is 28.0. The number of hydrogen-bond acceptors (Lipinski definition) is 6. The van der Waals surface area contributed by atoms with Gasteiger partial charge in [-0.2, -0.15) is 0 Å². The summed E-state index contributed by atoms with van der Waals surface area (Å²) in [5.74, 6) is -1.18. The molecule has 37 heavy (non-hydrogen) atoms. The number of nitrogens with zero attached hydrogens (tertiary/aromatic N) is 1. The van der Waals surface area contributed by atoms with Crippen molar-refractivity contribution in [1.29, 1.82) is 0 Å². The normalized spacial score (nSPS) is 13.8. The van der Waals surface area contributed by atoms with Crippen molar-refractivity contribution in [3.8, 4) is 5.75 Å². The van der Waals surface area contributed by atoms with Crippen molar-refractivity contribution in [2.75, 3.05) is 13.2 Å². The Bertz CT molecular complexity index is 855. The first kappa shape index (κ1) is 32.2. The molecule has 1 aromatic carbocycles. The lowest BCUT2D eigenvalue weighted by Crippen LogP contribution is -2.55. The van der Waals surface area contributed by atoms with E-state index in [0.29, 0.717) is 6.42 Å². The van der Waals surface area contributed by atoms with Gasteiger partial charge in [-0.25, -0.2) is 4.79 Å². The molecule has 9 nitrogen and oxygen atoms in total. The van der Waals surface area contributed by atoms with Gasteiger partial charge in [0.2, 0.25) is 11.8 Å². The number of aromatic hydroxyl groups is 1. The molecule has 0 aromatic heterocycles. The van der Waals surface area contributed by atoms with Crippen molar-refractivity contribution < 1.29 is 29.3 Å². The number of ether oxygens (including phenoxy) is 1.